The highest BCUT2D eigenvalue weighted by atomic mass is 16.5. The zero-order valence-corrected chi connectivity index (χ0v) is 18.6. The predicted molar refractivity (Wildman–Crippen MR) is 111 cm³/mol. The van der Waals surface area contributed by atoms with Gasteiger partial charge in [0.05, 0.1) is 19.6 Å². The monoisotopic (exact) mass is 413 g/mol. The topological polar surface area (TPSA) is 55.8 Å². The Bertz CT molecular complexity index is 835. The molecule has 2 aliphatic heterocycles. The smallest absolute Gasteiger partial charge is 0.309 e. The molecule has 0 aromatic rings. The van der Waals surface area contributed by atoms with Gasteiger partial charge in [-0.2, -0.15) is 0 Å². The molecule has 0 unspecified atom stereocenters. The summed E-state index contributed by atoms with van der Waals surface area (Å²) in [6.07, 6.45) is 7.92. The van der Waals surface area contributed by atoms with E-state index < -0.39 is 0 Å². The Balaban J connectivity index is 1.58. The number of piperidine rings is 1. The second-order valence-corrected chi connectivity index (χ2v) is 11.2. The van der Waals surface area contributed by atoms with Crippen molar-refractivity contribution in [1.29, 1.82) is 0 Å². The van der Waals surface area contributed by atoms with Crippen LogP contribution in [-0.2, 0) is 19.1 Å². The molecule has 4 aliphatic carbocycles. The average molecular weight is 414 g/mol. The van der Waals surface area contributed by atoms with Gasteiger partial charge in [0.15, 0.2) is 0 Å². The highest BCUT2D eigenvalue weighted by molar-refractivity contribution is 5.75. The summed E-state index contributed by atoms with van der Waals surface area (Å²) in [5, 5.41) is 0. The lowest BCUT2D eigenvalue weighted by Gasteiger charge is -2.66. The number of hydrogen-bond acceptors (Lipinski definition) is 5. The maximum Gasteiger partial charge on any atom is 0.309 e. The molecule has 0 aromatic heterocycles. The van der Waals surface area contributed by atoms with Gasteiger partial charge >= 0.3 is 11.9 Å². The van der Waals surface area contributed by atoms with Gasteiger partial charge in [-0.05, 0) is 68.6 Å². The van der Waals surface area contributed by atoms with Gasteiger partial charge in [-0.15, -0.1) is 0 Å². The molecule has 2 heterocycles. The van der Waals surface area contributed by atoms with Crippen molar-refractivity contribution in [2.75, 3.05) is 26.8 Å². The fourth-order valence-corrected chi connectivity index (χ4v) is 9.67. The van der Waals surface area contributed by atoms with Gasteiger partial charge in [-0.25, -0.2) is 0 Å². The predicted octanol–water partition coefficient (Wildman–Crippen LogP) is 3.58. The molecule has 2 saturated carbocycles. The van der Waals surface area contributed by atoms with E-state index in [0.29, 0.717) is 36.3 Å². The van der Waals surface area contributed by atoms with E-state index in [1.54, 1.807) is 25.2 Å². The molecule has 0 N–H and O–H groups in total. The number of esters is 2. The molecule has 6 aliphatic rings. The third kappa shape index (κ3) is 2.13. The van der Waals surface area contributed by atoms with Crippen LogP contribution in [0.4, 0.5) is 0 Å². The number of nitrogens with zero attached hydrogens (tertiary/aromatic N) is 1. The molecule has 0 amide bonds. The Kier molecular flexibility index (Phi) is 4.08. The van der Waals surface area contributed by atoms with Crippen molar-refractivity contribution in [3.05, 3.63) is 11.1 Å². The third-order valence-electron chi connectivity index (χ3n) is 10.5. The molecular formula is C25H35NO4. The van der Waals surface area contributed by atoms with E-state index in [1.807, 2.05) is 0 Å². The van der Waals surface area contributed by atoms with E-state index in [9.17, 15) is 9.59 Å². The van der Waals surface area contributed by atoms with Gasteiger partial charge in [0, 0.05) is 36.9 Å². The minimum absolute atomic E-state index is 0.00903. The largest absolute Gasteiger partial charge is 0.469 e. The Morgan fingerprint density at radius 3 is 2.73 bits per heavy atom. The molecule has 0 aromatic carbocycles. The Hall–Kier alpha value is -1.36. The maximum absolute atomic E-state index is 13.0. The van der Waals surface area contributed by atoms with Crippen molar-refractivity contribution >= 4 is 11.9 Å². The van der Waals surface area contributed by atoms with Crippen LogP contribution in [0.25, 0.3) is 0 Å². The van der Waals surface area contributed by atoms with Crippen molar-refractivity contribution in [3.63, 3.8) is 0 Å². The Morgan fingerprint density at radius 1 is 1.17 bits per heavy atom. The lowest BCUT2D eigenvalue weighted by Crippen LogP contribution is -2.68. The molecule has 4 fully saturated rings. The first-order chi connectivity index (χ1) is 14.4. The molecular weight excluding hydrogens is 378 g/mol. The lowest BCUT2D eigenvalue weighted by molar-refractivity contribution is -0.187. The highest BCUT2D eigenvalue weighted by Crippen LogP contribution is 2.76. The summed E-state index contributed by atoms with van der Waals surface area (Å²) in [7, 11) is 1.55. The molecule has 8 atom stereocenters. The molecule has 5 nitrogen and oxygen atoms in total. The number of hydrogen-bond donors (Lipinski definition) is 0. The summed E-state index contributed by atoms with van der Waals surface area (Å²) in [6, 6.07) is 0.506. The molecule has 2 saturated heterocycles. The second kappa shape index (κ2) is 6.34. The number of carbonyl (C=O) groups is 2. The summed E-state index contributed by atoms with van der Waals surface area (Å²) < 4.78 is 11.2. The van der Waals surface area contributed by atoms with Gasteiger partial charge < -0.3 is 9.47 Å². The molecule has 0 radical (unpaired) electrons. The van der Waals surface area contributed by atoms with Gasteiger partial charge in [0.2, 0.25) is 0 Å². The molecule has 1 spiro atoms. The minimum Gasteiger partial charge on any atom is -0.469 e. The normalized spacial score (nSPS) is 48.4. The summed E-state index contributed by atoms with van der Waals surface area (Å²) in [4.78, 5) is 27.8. The Labute approximate surface area is 179 Å². The summed E-state index contributed by atoms with van der Waals surface area (Å²) in [6.45, 7) is 6.85. The number of carbonyl (C=O) groups excluding carboxylic acids is 2. The van der Waals surface area contributed by atoms with Crippen molar-refractivity contribution in [3.8, 4) is 0 Å². The van der Waals surface area contributed by atoms with Gasteiger partial charge in [0.1, 0.15) is 0 Å². The summed E-state index contributed by atoms with van der Waals surface area (Å²) in [5.74, 6) is 2.09. The van der Waals surface area contributed by atoms with Crippen LogP contribution in [0.2, 0.25) is 0 Å². The van der Waals surface area contributed by atoms with Crippen molar-refractivity contribution in [2.24, 2.45) is 40.4 Å². The summed E-state index contributed by atoms with van der Waals surface area (Å²) in [5.41, 5.74) is 3.28. The molecule has 6 rings (SSSR count). The highest BCUT2D eigenvalue weighted by Gasteiger charge is 2.75. The van der Waals surface area contributed by atoms with Crippen LogP contribution in [0.3, 0.4) is 0 Å². The number of ether oxygens (including phenoxy) is 2. The molecule has 30 heavy (non-hydrogen) atoms. The maximum atomic E-state index is 13.0. The van der Waals surface area contributed by atoms with Crippen LogP contribution in [0.15, 0.2) is 11.1 Å². The number of methoxy groups -OCH3 is 1. The van der Waals surface area contributed by atoms with Crippen LogP contribution >= 0.6 is 0 Å². The standard InChI is InChI=1S/C25H35NO4/c1-14-11-26-12-17-6-4-16-5-7-19-20(23(28)29-3)10-25(21(16)19)22(26)18(14)8-9-24(17,25)13-30-15(2)27/h14,17-20,22H,4-13H2,1-3H3/t14-,17-,18-,19-,20+,22+,24-,25+/m1/s1. The summed E-state index contributed by atoms with van der Waals surface area (Å²) >= 11 is 0. The quantitative estimate of drug-likeness (QED) is 0.523. The number of rotatable bonds is 3. The van der Waals surface area contributed by atoms with Gasteiger partial charge in [-0.3, -0.25) is 14.5 Å². The van der Waals surface area contributed by atoms with E-state index in [0.717, 1.165) is 32.2 Å². The van der Waals surface area contributed by atoms with E-state index >= 15 is 0 Å². The van der Waals surface area contributed by atoms with Crippen molar-refractivity contribution < 1.29 is 19.1 Å². The zero-order valence-electron chi connectivity index (χ0n) is 18.6. The van der Waals surface area contributed by atoms with Crippen molar-refractivity contribution in [1.82, 2.24) is 4.90 Å². The number of allylic oxidation sites excluding steroid dienone is 1. The lowest BCUT2D eigenvalue weighted by atomic mass is 9.43. The van der Waals surface area contributed by atoms with E-state index in [2.05, 4.69) is 11.8 Å². The third-order valence-corrected chi connectivity index (χ3v) is 10.5. The Morgan fingerprint density at radius 2 is 1.97 bits per heavy atom. The molecule has 4 bridgehead atoms. The van der Waals surface area contributed by atoms with E-state index in [-0.39, 0.29) is 28.7 Å². The van der Waals surface area contributed by atoms with Crippen LogP contribution in [0.1, 0.15) is 58.8 Å². The van der Waals surface area contributed by atoms with Gasteiger partial charge in [-0.1, -0.05) is 18.1 Å². The van der Waals surface area contributed by atoms with Gasteiger partial charge in [0.25, 0.3) is 0 Å². The average Bonchev–Trinajstić information content (AvgIpc) is 3.36. The molecule has 5 heteroatoms. The van der Waals surface area contributed by atoms with Crippen LogP contribution < -0.4 is 0 Å². The van der Waals surface area contributed by atoms with E-state index in [1.165, 1.54) is 25.8 Å². The van der Waals surface area contributed by atoms with Crippen LogP contribution in [0, 0.1) is 40.4 Å². The van der Waals surface area contributed by atoms with Crippen molar-refractivity contribution in [2.45, 2.75) is 64.8 Å². The minimum atomic E-state index is -0.165. The second-order valence-electron chi connectivity index (χ2n) is 11.2. The first-order valence-corrected chi connectivity index (χ1v) is 12.1. The molecule has 164 valence electrons. The first-order valence-electron chi connectivity index (χ1n) is 12.1. The van der Waals surface area contributed by atoms with E-state index in [4.69, 9.17) is 9.47 Å². The van der Waals surface area contributed by atoms with Crippen LogP contribution in [0.5, 0.6) is 0 Å². The fraction of sp³-hybridized carbons (Fsp3) is 0.840. The fourth-order valence-electron chi connectivity index (χ4n) is 9.67. The SMILES string of the molecule is COC(=O)[C@H]1C[C@@]23C4=C(CC[C@@H]5CN6C[C@@H](C)[C@@H](CC[C@@]52COC(C)=O)[C@H]63)CC[C@@H]41. The zero-order chi connectivity index (χ0) is 20.8. The van der Waals surface area contributed by atoms with Crippen LogP contribution in [-0.4, -0.2) is 49.7 Å². The first kappa shape index (κ1) is 19.3.